The van der Waals surface area contributed by atoms with Crippen LogP contribution in [0.15, 0.2) is 27.6 Å². The summed E-state index contributed by atoms with van der Waals surface area (Å²) < 4.78 is 40.3. The van der Waals surface area contributed by atoms with Gasteiger partial charge in [0.15, 0.2) is 0 Å². The minimum Gasteiger partial charge on any atom is -0.396 e. The third-order valence-electron chi connectivity index (χ3n) is 2.67. The Morgan fingerprint density at radius 2 is 2.06 bits per heavy atom. The fourth-order valence-electron chi connectivity index (χ4n) is 1.27. The van der Waals surface area contributed by atoms with E-state index >= 15 is 0 Å². The minimum atomic E-state index is -3.93. The molecule has 2 atom stereocenters. The zero-order valence-corrected chi connectivity index (χ0v) is 12.4. The van der Waals surface area contributed by atoms with E-state index in [0.717, 1.165) is 6.07 Å². The second-order valence-corrected chi connectivity index (χ2v) is 6.74. The smallest absolute Gasteiger partial charge is 0.243 e. The lowest BCUT2D eigenvalue weighted by Gasteiger charge is -2.19. The first-order valence-corrected chi connectivity index (χ1v) is 7.63. The van der Waals surface area contributed by atoms with Crippen molar-refractivity contribution in [1.29, 1.82) is 0 Å². The van der Waals surface area contributed by atoms with E-state index < -0.39 is 26.8 Å². The van der Waals surface area contributed by atoms with Gasteiger partial charge >= 0.3 is 0 Å². The van der Waals surface area contributed by atoms with Gasteiger partial charge in [-0.3, -0.25) is 0 Å². The van der Waals surface area contributed by atoms with Gasteiger partial charge in [0, 0.05) is 17.1 Å². The Morgan fingerprint density at radius 3 is 2.61 bits per heavy atom. The summed E-state index contributed by atoms with van der Waals surface area (Å²) in [5, 5.41) is 8.95. The average molecular weight is 340 g/mol. The van der Waals surface area contributed by atoms with Gasteiger partial charge in [0.25, 0.3) is 0 Å². The normalized spacial score (nSPS) is 15.4. The summed E-state index contributed by atoms with van der Waals surface area (Å²) in [5.74, 6) is -1.07. The first-order chi connectivity index (χ1) is 8.27. The summed E-state index contributed by atoms with van der Waals surface area (Å²) in [6.07, 6.45) is 0. The number of hydrogen-bond donors (Lipinski definition) is 2. The molecule has 2 N–H and O–H groups in total. The molecule has 4 nitrogen and oxygen atoms in total. The van der Waals surface area contributed by atoms with Gasteiger partial charge in [-0.1, -0.05) is 22.9 Å². The van der Waals surface area contributed by atoms with Gasteiger partial charge < -0.3 is 5.11 Å². The van der Waals surface area contributed by atoms with Gasteiger partial charge in [-0.25, -0.2) is 17.5 Å². The second-order valence-electron chi connectivity index (χ2n) is 4.14. The monoisotopic (exact) mass is 339 g/mol. The molecule has 0 amide bonds. The van der Waals surface area contributed by atoms with Crippen molar-refractivity contribution >= 4 is 26.0 Å². The molecule has 0 heterocycles. The van der Waals surface area contributed by atoms with Crippen molar-refractivity contribution < 1.29 is 17.9 Å². The Balaban J connectivity index is 3.03. The number of rotatable bonds is 5. The fraction of sp³-hybridized carbons (Fsp3) is 0.455. The van der Waals surface area contributed by atoms with Crippen molar-refractivity contribution in [2.45, 2.75) is 24.8 Å². The number of halogens is 2. The molecule has 0 saturated carbocycles. The highest BCUT2D eigenvalue weighted by atomic mass is 79.9. The molecule has 0 spiro atoms. The first kappa shape index (κ1) is 15.6. The zero-order chi connectivity index (χ0) is 13.9. The summed E-state index contributed by atoms with van der Waals surface area (Å²) in [6.45, 7) is 3.17. The number of aliphatic hydroxyl groups excluding tert-OH is 1. The predicted molar refractivity (Wildman–Crippen MR) is 70.1 cm³/mol. The van der Waals surface area contributed by atoms with E-state index in [-0.39, 0.29) is 12.5 Å². The van der Waals surface area contributed by atoms with E-state index in [9.17, 15) is 12.8 Å². The first-order valence-electron chi connectivity index (χ1n) is 5.36. The van der Waals surface area contributed by atoms with Gasteiger partial charge in [-0.2, -0.15) is 0 Å². The molecule has 2 unspecified atom stereocenters. The molecule has 1 aromatic carbocycles. The average Bonchev–Trinajstić information content (AvgIpc) is 2.30. The van der Waals surface area contributed by atoms with Gasteiger partial charge in [-0.05, 0) is 31.0 Å². The Hall–Kier alpha value is -0.500. The number of benzene rings is 1. The van der Waals surface area contributed by atoms with Crippen LogP contribution in [-0.4, -0.2) is 26.2 Å². The molecule has 0 aromatic heterocycles. The van der Waals surface area contributed by atoms with Gasteiger partial charge in [-0.15, -0.1) is 0 Å². The van der Waals surface area contributed by atoms with E-state index in [1.165, 1.54) is 12.1 Å². The third kappa shape index (κ3) is 3.74. The van der Waals surface area contributed by atoms with Gasteiger partial charge in [0.1, 0.15) is 10.7 Å². The van der Waals surface area contributed by atoms with Crippen LogP contribution in [-0.2, 0) is 10.0 Å². The van der Waals surface area contributed by atoms with Gasteiger partial charge in [0.05, 0.1) is 0 Å². The number of nitrogens with one attached hydrogen (secondary N) is 1. The third-order valence-corrected chi connectivity index (χ3v) is 4.73. The summed E-state index contributed by atoms with van der Waals surface area (Å²) in [5.41, 5.74) is 0. The van der Waals surface area contributed by atoms with Crippen LogP contribution < -0.4 is 4.72 Å². The van der Waals surface area contributed by atoms with Crippen molar-refractivity contribution in [2.24, 2.45) is 5.92 Å². The quantitative estimate of drug-likeness (QED) is 0.860. The Morgan fingerprint density at radius 1 is 1.44 bits per heavy atom. The lowest BCUT2D eigenvalue weighted by Crippen LogP contribution is -2.38. The summed E-state index contributed by atoms with van der Waals surface area (Å²) in [6, 6.07) is 3.22. The highest BCUT2D eigenvalue weighted by molar-refractivity contribution is 9.10. The molecule has 0 aliphatic carbocycles. The maximum atomic E-state index is 13.5. The van der Waals surface area contributed by atoms with Crippen LogP contribution in [0.5, 0.6) is 0 Å². The molecular formula is C11H15BrFNO3S. The molecule has 0 bridgehead atoms. The molecule has 0 aliphatic rings. The number of aliphatic hydroxyl groups is 1. The second kappa shape index (κ2) is 6.10. The fourth-order valence-corrected chi connectivity index (χ4v) is 3.23. The van der Waals surface area contributed by atoms with Crippen LogP contribution in [0.3, 0.4) is 0 Å². The molecule has 102 valence electrons. The predicted octanol–water partition coefficient (Wildman–Crippen LogP) is 1.88. The molecule has 18 heavy (non-hydrogen) atoms. The molecule has 0 aliphatic heterocycles. The number of sulfonamides is 1. The summed E-state index contributed by atoms with van der Waals surface area (Å²) in [7, 11) is -3.93. The Kier molecular flexibility index (Phi) is 5.27. The SMILES string of the molecule is CC(CO)C(C)NS(=O)(=O)c1cc(Br)ccc1F. The van der Waals surface area contributed by atoms with E-state index in [4.69, 9.17) is 5.11 Å². The van der Waals surface area contributed by atoms with Crippen molar-refractivity contribution in [1.82, 2.24) is 4.72 Å². The van der Waals surface area contributed by atoms with Crippen molar-refractivity contribution in [3.05, 3.63) is 28.5 Å². The standard InChI is InChI=1S/C11H15BrFNO3S/c1-7(6-15)8(2)14-18(16,17)11-5-9(12)3-4-10(11)13/h3-5,7-8,14-15H,6H2,1-2H3. The maximum Gasteiger partial charge on any atom is 0.243 e. The lowest BCUT2D eigenvalue weighted by atomic mass is 10.1. The molecule has 1 aromatic rings. The van der Waals surface area contributed by atoms with Crippen LogP contribution in [0, 0.1) is 11.7 Å². The highest BCUT2D eigenvalue weighted by Crippen LogP contribution is 2.20. The van der Waals surface area contributed by atoms with Crippen LogP contribution in [0.1, 0.15) is 13.8 Å². The molecule has 0 fully saturated rings. The summed E-state index contributed by atoms with van der Waals surface area (Å²) in [4.78, 5) is -0.408. The van der Waals surface area contributed by atoms with Gasteiger partial charge in [0.2, 0.25) is 10.0 Å². The largest absolute Gasteiger partial charge is 0.396 e. The van der Waals surface area contributed by atoms with Crippen molar-refractivity contribution in [3.8, 4) is 0 Å². The van der Waals surface area contributed by atoms with Crippen molar-refractivity contribution in [3.63, 3.8) is 0 Å². The molecule has 0 saturated heterocycles. The lowest BCUT2D eigenvalue weighted by molar-refractivity contribution is 0.216. The van der Waals surface area contributed by atoms with E-state index in [1.54, 1.807) is 13.8 Å². The topological polar surface area (TPSA) is 66.4 Å². The van der Waals surface area contributed by atoms with E-state index in [0.29, 0.717) is 4.47 Å². The van der Waals surface area contributed by atoms with Crippen LogP contribution in [0.4, 0.5) is 4.39 Å². The maximum absolute atomic E-state index is 13.5. The van der Waals surface area contributed by atoms with E-state index in [2.05, 4.69) is 20.7 Å². The van der Waals surface area contributed by atoms with Crippen molar-refractivity contribution in [2.75, 3.05) is 6.61 Å². The molecule has 0 radical (unpaired) electrons. The Bertz CT molecular complexity index is 521. The minimum absolute atomic E-state index is 0.148. The molecular weight excluding hydrogens is 325 g/mol. The Labute approximate surface area is 114 Å². The van der Waals surface area contributed by atoms with Crippen LogP contribution in [0.25, 0.3) is 0 Å². The van der Waals surface area contributed by atoms with E-state index in [1.807, 2.05) is 0 Å². The van der Waals surface area contributed by atoms with Crippen LogP contribution >= 0.6 is 15.9 Å². The highest BCUT2D eigenvalue weighted by Gasteiger charge is 2.23. The van der Waals surface area contributed by atoms with Crippen LogP contribution in [0.2, 0.25) is 0 Å². The zero-order valence-electron chi connectivity index (χ0n) is 10.0. The summed E-state index contributed by atoms with van der Waals surface area (Å²) >= 11 is 3.10. The number of hydrogen-bond acceptors (Lipinski definition) is 3. The molecule has 7 heteroatoms. The molecule has 1 rings (SSSR count).